The van der Waals surface area contributed by atoms with Crippen LogP contribution in [0.3, 0.4) is 0 Å². The second kappa shape index (κ2) is 7.08. The molecule has 0 unspecified atom stereocenters. The molecule has 8 nitrogen and oxygen atoms in total. The van der Waals surface area contributed by atoms with Crippen molar-refractivity contribution < 1.29 is 9.32 Å². The quantitative estimate of drug-likeness (QED) is 0.834. The number of anilines is 2. The Morgan fingerprint density at radius 2 is 1.96 bits per heavy atom. The van der Waals surface area contributed by atoms with Crippen LogP contribution >= 0.6 is 0 Å². The van der Waals surface area contributed by atoms with Crippen molar-refractivity contribution in [2.75, 3.05) is 51.1 Å². The average Bonchev–Trinajstić information content (AvgIpc) is 3.11. The lowest BCUT2D eigenvalue weighted by Crippen LogP contribution is -2.35. The molecule has 8 heteroatoms. The second-order valence-corrected chi connectivity index (χ2v) is 6.66. The smallest absolute Gasteiger partial charge is 0.265 e. The van der Waals surface area contributed by atoms with Gasteiger partial charge in [0, 0.05) is 53.4 Å². The highest BCUT2D eigenvalue weighted by Gasteiger charge is 2.28. The minimum Gasteiger partial charge on any atom is -0.356 e. The van der Waals surface area contributed by atoms with Gasteiger partial charge in [-0.1, -0.05) is 0 Å². The fourth-order valence-corrected chi connectivity index (χ4v) is 2.97. The molecule has 25 heavy (non-hydrogen) atoms. The minimum absolute atomic E-state index is 0.0299. The molecule has 1 aliphatic rings. The Labute approximate surface area is 147 Å². The van der Waals surface area contributed by atoms with E-state index in [4.69, 9.17) is 4.52 Å². The molecular formula is C17H24N6O2. The van der Waals surface area contributed by atoms with Gasteiger partial charge in [-0.3, -0.25) is 4.79 Å². The van der Waals surface area contributed by atoms with E-state index in [0.29, 0.717) is 17.4 Å². The van der Waals surface area contributed by atoms with Crippen molar-refractivity contribution in [3.05, 3.63) is 29.8 Å². The van der Waals surface area contributed by atoms with Crippen LogP contribution in [0.15, 0.2) is 22.9 Å². The summed E-state index contributed by atoms with van der Waals surface area (Å²) in [7, 11) is 7.29. The van der Waals surface area contributed by atoms with E-state index in [0.717, 1.165) is 31.7 Å². The standard InChI is InChI=1S/C17H24N6O2/c1-21(2)16(24)13-6-5-9-18-14(13)23-10-7-12(8-11-23)15-19-17(20-25-15)22(3)4/h5-6,9,12H,7-8,10-11H2,1-4H3. The second-order valence-electron chi connectivity index (χ2n) is 6.66. The Morgan fingerprint density at radius 1 is 1.24 bits per heavy atom. The van der Waals surface area contributed by atoms with E-state index in [2.05, 4.69) is 20.0 Å². The number of piperidine rings is 1. The average molecular weight is 344 g/mol. The summed E-state index contributed by atoms with van der Waals surface area (Å²) < 4.78 is 5.40. The van der Waals surface area contributed by atoms with E-state index < -0.39 is 0 Å². The highest BCUT2D eigenvalue weighted by atomic mass is 16.5. The zero-order valence-electron chi connectivity index (χ0n) is 15.1. The number of hydrogen-bond acceptors (Lipinski definition) is 7. The molecule has 0 radical (unpaired) electrons. The molecule has 2 aromatic heterocycles. The summed E-state index contributed by atoms with van der Waals surface area (Å²) in [6, 6.07) is 3.63. The number of pyridine rings is 1. The zero-order valence-corrected chi connectivity index (χ0v) is 15.1. The predicted molar refractivity (Wildman–Crippen MR) is 95.1 cm³/mol. The van der Waals surface area contributed by atoms with Gasteiger partial charge in [0.25, 0.3) is 11.9 Å². The lowest BCUT2D eigenvalue weighted by atomic mass is 9.96. The van der Waals surface area contributed by atoms with Crippen molar-refractivity contribution in [2.45, 2.75) is 18.8 Å². The maximum Gasteiger partial charge on any atom is 0.265 e. The third kappa shape index (κ3) is 3.57. The molecule has 0 aliphatic carbocycles. The molecular weight excluding hydrogens is 320 g/mol. The normalized spacial score (nSPS) is 15.3. The van der Waals surface area contributed by atoms with Crippen LogP contribution in [0.2, 0.25) is 0 Å². The molecule has 1 aliphatic heterocycles. The van der Waals surface area contributed by atoms with E-state index in [1.54, 1.807) is 31.3 Å². The van der Waals surface area contributed by atoms with E-state index in [-0.39, 0.29) is 11.8 Å². The first-order chi connectivity index (χ1) is 12.0. The molecule has 3 heterocycles. The highest BCUT2D eigenvalue weighted by Crippen LogP contribution is 2.31. The highest BCUT2D eigenvalue weighted by molar-refractivity contribution is 5.98. The van der Waals surface area contributed by atoms with Crippen LogP contribution in [0.5, 0.6) is 0 Å². The van der Waals surface area contributed by atoms with Gasteiger partial charge in [0.1, 0.15) is 5.82 Å². The Morgan fingerprint density at radius 3 is 2.56 bits per heavy atom. The molecule has 0 N–H and O–H groups in total. The Bertz CT molecular complexity index is 734. The maximum absolute atomic E-state index is 12.4. The lowest BCUT2D eigenvalue weighted by Gasteiger charge is -2.32. The van der Waals surface area contributed by atoms with Gasteiger partial charge in [0.15, 0.2) is 0 Å². The van der Waals surface area contributed by atoms with Crippen LogP contribution in [0.4, 0.5) is 11.8 Å². The molecule has 0 aromatic carbocycles. The van der Waals surface area contributed by atoms with Crippen molar-refractivity contribution >= 4 is 17.7 Å². The lowest BCUT2D eigenvalue weighted by molar-refractivity contribution is 0.0827. The third-order valence-corrected chi connectivity index (χ3v) is 4.40. The number of aromatic nitrogens is 3. The molecule has 1 amide bonds. The van der Waals surface area contributed by atoms with Crippen molar-refractivity contribution in [3.63, 3.8) is 0 Å². The van der Waals surface area contributed by atoms with Crippen molar-refractivity contribution in [3.8, 4) is 0 Å². The summed E-state index contributed by atoms with van der Waals surface area (Å²) in [4.78, 5) is 26.9. The van der Waals surface area contributed by atoms with Crippen LogP contribution < -0.4 is 9.80 Å². The number of carbonyl (C=O) groups excluding carboxylic acids is 1. The first-order valence-corrected chi connectivity index (χ1v) is 8.40. The Hall–Kier alpha value is -2.64. The van der Waals surface area contributed by atoms with Gasteiger partial charge >= 0.3 is 0 Å². The predicted octanol–water partition coefficient (Wildman–Crippen LogP) is 1.62. The molecule has 0 spiro atoms. The van der Waals surface area contributed by atoms with Crippen LogP contribution in [-0.4, -0.2) is 67.2 Å². The van der Waals surface area contributed by atoms with Gasteiger partial charge in [-0.15, -0.1) is 0 Å². The van der Waals surface area contributed by atoms with Crippen molar-refractivity contribution in [2.24, 2.45) is 0 Å². The summed E-state index contributed by atoms with van der Waals surface area (Å²) in [6.45, 7) is 1.60. The fourth-order valence-electron chi connectivity index (χ4n) is 2.97. The molecule has 0 saturated carbocycles. The monoisotopic (exact) mass is 344 g/mol. The molecule has 3 rings (SSSR count). The molecule has 1 fully saturated rings. The van der Waals surface area contributed by atoms with Crippen molar-refractivity contribution in [1.29, 1.82) is 0 Å². The maximum atomic E-state index is 12.4. The summed E-state index contributed by atoms with van der Waals surface area (Å²) in [5.41, 5.74) is 0.638. The molecule has 1 saturated heterocycles. The van der Waals surface area contributed by atoms with Gasteiger partial charge in [0.2, 0.25) is 5.89 Å². The first kappa shape index (κ1) is 17.2. The largest absolute Gasteiger partial charge is 0.356 e. The van der Waals surface area contributed by atoms with E-state index in [9.17, 15) is 4.79 Å². The van der Waals surface area contributed by atoms with E-state index in [1.807, 2.05) is 25.1 Å². The number of carbonyl (C=O) groups is 1. The van der Waals surface area contributed by atoms with Gasteiger partial charge in [-0.2, -0.15) is 4.98 Å². The molecule has 0 atom stereocenters. The summed E-state index contributed by atoms with van der Waals surface area (Å²) in [5.74, 6) is 2.25. The number of nitrogens with zero attached hydrogens (tertiary/aromatic N) is 6. The minimum atomic E-state index is -0.0299. The van der Waals surface area contributed by atoms with Crippen LogP contribution in [0.1, 0.15) is 35.0 Å². The summed E-state index contributed by atoms with van der Waals surface area (Å²) in [5, 5.41) is 3.99. The zero-order chi connectivity index (χ0) is 18.0. The SMILES string of the molecule is CN(C)C(=O)c1cccnc1N1CCC(c2nc(N(C)C)no2)CC1. The topological polar surface area (TPSA) is 78.6 Å². The van der Waals surface area contributed by atoms with Gasteiger partial charge < -0.3 is 19.2 Å². The molecule has 134 valence electrons. The van der Waals surface area contributed by atoms with Crippen molar-refractivity contribution in [1.82, 2.24) is 20.0 Å². The number of rotatable bonds is 4. The van der Waals surface area contributed by atoms with E-state index in [1.165, 1.54) is 0 Å². The van der Waals surface area contributed by atoms with Crippen LogP contribution in [0, 0.1) is 0 Å². The van der Waals surface area contributed by atoms with Crippen LogP contribution in [0.25, 0.3) is 0 Å². The summed E-state index contributed by atoms with van der Waals surface area (Å²) in [6.07, 6.45) is 3.51. The number of hydrogen-bond donors (Lipinski definition) is 0. The van der Waals surface area contributed by atoms with Gasteiger partial charge in [-0.25, -0.2) is 4.98 Å². The Balaban J connectivity index is 1.71. The Kier molecular flexibility index (Phi) is 4.87. The van der Waals surface area contributed by atoms with Crippen LogP contribution in [-0.2, 0) is 0 Å². The molecule has 0 bridgehead atoms. The number of amides is 1. The third-order valence-electron chi connectivity index (χ3n) is 4.40. The first-order valence-electron chi connectivity index (χ1n) is 8.40. The summed E-state index contributed by atoms with van der Waals surface area (Å²) >= 11 is 0. The van der Waals surface area contributed by atoms with E-state index >= 15 is 0 Å². The molecule has 2 aromatic rings. The van der Waals surface area contributed by atoms with Gasteiger partial charge in [-0.05, 0) is 30.1 Å². The van der Waals surface area contributed by atoms with Gasteiger partial charge in [0.05, 0.1) is 5.56 Å². The fraction of sp³-hybridized carbons (Fsp3) is 0.529.